The van der Waals surface area contributed by atoms with Gasteiger partial charge in [-0.3, -0.25) is 9.59 Å². The largest absolute Gasteiger partial charge is 0.367 e. The Morgan fingerprint density at radius 1 is 1.17 bits per heavy atom. The molecular formula is C22H34N2O5. The summed E-state index contributed by atoms with van der Waals surface area (Å²) in [7, 11) is 1.60. The van der Waals surface area contributed by atoms with Gasteiger partial charge < -0.3 is 24.8 Å². The predicted molar refractivity (Wildman–Crippen MR) is 110 cm³/mol. The Kier molecular flexibility index (Phi) is 10.1. The van der Waals surface area contributed by atoms with Crippen LogP contribution in [0.15, 0.2) is 30.3 Å². The fourth-order valence-corrected chi connectivity index (χ4v) is 3.50. The van der Waals surface area contributed by atoms with Crippen molar-refractivity contribution in [2.75, 3.05) is 27.0 Å². The minimum absolute atomic E-state index is 0.0930. The zero-order chi connectivity index (χ0) is 21.1. The van der Waals surface area contributed by atoms with Crippen LogP contribution >= 0.6 is 0 Å². The van der Waals surface area contributed by atoms with Gasteiger partial charge in [0.2, 0.25) is 5.91 Å². The number of likely N-dealkylation sites (tertiary alicyclic amines) is 1. The molecule has 2 N–H and O–H groups in total. The molecule has 1 fully saturated rings. The number of methoxy groups -OCH3 is 1. The lowest BCUT2D eigenvalue weighted by molar-refractivity contribution is -0.155. The van der Waals surface area contributed by atoms with Crippen LogP contribution in [-0.2, 0) is 30.2 Å². The van der Waals surface area contributed by atoms with E-state index in [9.17, 15) is 9.59 Å². The third-order valence-electron chi connectivity index (χ3n) is 5.18. The second-order valence-corrected chi connectivity index (χ2v) is 7.45. The number of carbonyl (C=O) groups excluding carboxylic acids is 2. The number of ether oxygens (including phenoxy) is 3. The van der Waals surface area contributed by atoms with E-state index in [0.29, 0.717) is 25.9 Å². The molecule has 1 unspecified atom stereocenters. The molecule has 0 bridgehead atoms. The second kappa shape index (κ2) is 12.6. The number of unbranched alkanes of at least 4 members (excludes halogenated alkanes) is 1. The van der Waals surface area contributed by atoms with Crippen LogP contribution in [0.1, 0.15) is 44.6 Å². The van der Waals surface area contributed by atoms with Crippen LogP contribution in [0.25, 0.3) is 0 Å². The average molecular weight is 407 g/mol. The number of hydrogen-bond donors (Lipinski definition) is 1. The SMILES string of the molecule is CCCCC(O[C@@H](Cc1ccccc1)C(=O)N1CCC(OCOC)CC1)C(N)=O. The molecule has 1 saturated heterocycles. The van der Waals surface area contributed by atoms with Crippen molar-refractivity contribution >= 4 is 11.8 Å². The number of benzene rings is 1. The van der Waals surface area contributed by atoms with Crippen molar-refractivity contribution in [3.8, 4) is 0 Å². The molecule has 0 spiro atoms. The van der Waals surface area contributed by atoms with Crippen LogP contribution in [0.3, 0.4) is 0 Å². The minimum Gasteiger partial charge on any atom is -0.367 e. The molecule has 1 heterocycles. The summed E-state index contributed by atoms with van der Waals surface area (Å²) in [5.41, 5.74) is 6.53. The third kappa shape index (κ3) is 7.76. The molecule has 2 atom stereocenters. The van der Waals surface area contributed by atoms with Crippen molar-refractivity contribution in [3.05, 3.63) is 35.9 Å². The van der Waals surface area contributed by atoms with Crippen LogP contribution in [0.2, 0.25) is 0 Å². The van der Waals surface area contributed by atoms with Gasteiger partial charge in [-0.15, -0.1) is 0 Å². The molecule has 7 heteroatoms. The molecule has 1 aromatic carbocycles. The summed E-state index contributed by atoms with van der Waals surface area (Å²) in [6, 6.07) is 9.70. The van der Waals surface area contributed by atoms with E-state index < -0.39 is 18.1 Å². The quantitative estimate of drug-likeness (QED) is 0.538. The van der Waals surface area contributed by atoms with Gasteiger partial charge in [-0.1, -0.05) is 50.1 Å². The Bertz CT molecular complexity index is 617. The van der Waals surface area contributed by atoms with Gasteiger partial charge in [0.15, 0.2) is 0 Å². The molecule has 0 radical (unpaired) electrons. The first-order chi connectivity index (χ1) is 14.0. The van der Waals surface area contributed by atoms with Crippen LogP contribution in [0, 0.1) is 0 Å². The fourth-order valence-electron chi connectivity index (χ4n) is 3.50. The number of nitrogens with two attached hydrogens (primary N) is 1. The Hall–Kier alpha value is -1.96. The highest BCUT2D eigenvalue weighted by Crippen LogP contribution is 2.19. The number of piperidine rings is 1. The minimum atomic E-state index is -0.754. The number of primary amides is 1. The maximum Gasteiger partial charge on any atom is 0.252 e. The van der Waals surface area contributed by atoms with Gasteiger partial charge in [-0.2, -0.15) is 0 Å². The van der Waals surface area contributed by atoms with Crippen LogP contribution < -0.4 is 5.73 Å². The van der Waals surface area contributed by atoms with Gasteiger partial charge in [-0.25, -0.2) is 0 Å². The van der Waals surface area contributed by atoms with E-state index in [1.807, 2.05) is 37.3 Å². The highest BCUT2D eigenvalue weighted by Gasteiger charge is 2.32. The molecule has 0 aromatic heterocycles. The summed E-state index contributed by atoms with van der Waals surface area (Å²) in [5.74, 6) is -0.613. The van der Waals surface area contributed by atoms with Crippen LogP contribution in [0.5, 0.6) is 0 Å². The maximum absolute atomic E-state index is 13.2. The lowest BCUT2D eigenvalue weighted by Crippen LogP contribution is -2.49. The first kappa shape index (κ1) is 23.3. The molecule has 162 valence electrons. The smallest absolute Gasteiger partial charge is 0.252 e. The summed E-state index contributed by atoms with van der Waals surface area (Å²) < 4.78 is 16.6. The molecule has 1 aromatic rings. The summed E-state index contributed by atoms with van der Waals surface area (Å²) in [6.45, 7) is 3.49. The number of hydrogen-bond acceptors (Lipinski definition) is 5. The molecule has 2 amide bonds. The van der Waals surface area contributed by atoms with Gasteiger partial charge in [0.05, 0.1) is 6.10 Å². The van der Waals surface area contributed by atoms with E-state index in [2.05, 4.69) is 0 Å². The monoisotopic (exact) mass is 406 g/mol. The zero-order valence-electron chi connectivity index (χ0n) is 17.5. The predicted octanol–water partition coefficient (Wildman–Crippen LogP) is 2.27. The van der Waals surface area contributed by atoms with E-state index in [1.165, 1.54) is 0 Å². The first-order valence-corrected chi connectivity index (χ1v) is 10.4. The number of nitrogens with zero attached hydrogens (tertiary/aromatic N) is 1. The van der Waals surface area contributed by atoms with Crippen molar-refractivity contribution in [2.45, 2.75) is 63.8 Å². The molecule has 7 nitrogen and oxygen atoms in total. The van der Waals surface area contributed by atoms with E-state index in [4.69, 9.17) is 19.9 Å². The second-order valence-electron chi connectivity index (χ2n) is 7.45. The summed E-state index contributed by atoms with van der Waals surface area (Å²) in [5, 5.41) is 0. The number of carbonyl (C=O) groups is 2. The van der Waals surface area contributed by atoms with Gasteiger partial charge in [0.25, 0.3) is 5.91 Å². The molecule has 1 aliphatic rings. The average Bonchev–Trinajstić information content (AvgIpc) is 2.74. The van der Waals surface area contributed by atoms with Crippen molar-refractivity contribution in [1.82, 2.24) is 4.90 Å². The molecule has 2 rings (SSSR count). The molecule has 0 aliphatic carbocycles. The lowest BCUT2D eigenvalue weighted by Gasteiger charge is -2.34. The first-order valence-electron chi connectivity index (χ1n) is 10.4. The van der Waals surface area contributed by atoms with E-state index in [1.54, 1.807) is 12.0 Å². The summed E-state index contributed by atoms with van der Waals surface area (Å²) in [4.78, 5) is 26.9. The lowest BCUT2D eigenvalue weighted by atomic mass is 10.0. The Morgan fingerprint density at radius 2 is 1.86 bits per heavy atom. The normalized spacial score (nSPS) is 17.1. The third-order valence-corrected chi connectivity index (χ3v) is 5.18. The molecule has 1 aliphatic heterocycles. The standard InChI is InChI=1S/C22H34N2O5/c1-3-4-10-19(21(23)25)29-20(15-17-8-6-5-7-9-17)22(26)24-13-11-18(12-14-24)28-16-27-2/h5-9,18-20H,3-4,10-16H2,1-2H3,(H2,23,25)/t19?,20-/m0/s1. The van der Waals surface area contributed by atoms with E-state index in [-0.39, 0.29) is 18.8 Å². The summed E-state index contributed by atoms with van der Waals surface area (Å²) >= 11 is 0. The Labute approximate surface area is 173 Å². The maximum atomic E-state index is 13.2. The van der Waals surface area contributed by atoms with Gasteiger partial charge in [0.1, 0.15) is 19.0 Å². The van der Waals surface area contributed by atoms with Gasteiger partial charge >= 0.3 is 0 Å². The Balaban J connectivity index is 2.05. The van der Waals surface area contributed by atoms with Crippen molar-refractivity contribution in [1.29, 1.82) is 0 Å². The Morgan fingerprint density at radius 3 is 2.45 bits per heavy atom. The topological polar surface area (TPSA) is 91.1 Å². The van der Waals surface area contributed by atoms with Crippen LogP contribution in [-0.4, -0.2) is 62.0 Å². The number of rotatable bonds is 12. The van der Waals surface area contributed by atoms with Crippen molar-refractivity contribution in [2.24, 2.45) is 5.73 Å². The van der Waals surface area contributed by atoms with E-state index >= 15 is 0 Å². The number of amides is 2. The highest BCUT2D eigenvalue weighted by molar-refractivity contribution is 5.83. The fraction of sp³-hybridized carbons (Fsp3) is 0.636. The van der Waals surface area contributed by atoms with Gasteiger partial charge in [0, 0.05) is 26.6 Å². The zero-order valence-corrected chi connectivity index (χ0v) is 17.5. The molecular weight excluding hydrogens is 372 g/mol. The van der Waals surface area contributed by atoms with E-state index in [0.717, 1.165) is 31.2 Å². The van der Waals surface area contributed by atoms with Crippen LogP contribution in [0.4, 0.5) is 0 Å². The van der Waals surface area contributed by atoms with Gasteiger partial charge in [-0.05, 0) is 24.8 Å². The highest BCUT2D eigenvalue weighted by atomic mass is 16.7. The van der Waals surface area contributed by atoms with Crippen molar-refractivity contribution < 1.29 is 23.8 Å². The molecule has 0 saturated carbocycles. The summed E-state index contributed by atoms with van der Waals surface area (Å²) in [6.07, 6.45) is 2.80. The molecule has 29 heavy (non-hydrogen) atoms. The van der Waals surface area contributed by atoms with Crippen molar-refractivity contribution in [3.63, 3.8) is 0 Å².